The largest absolute Gasteiger partial charge is 0.481 e. The lowest BCUT2D eigenvalue weighted by molar-refractivity contribution is -0.188. The van der Waals surface area contributed by atoms with Crippen LogP contribution in [0.5, 0.6) is 0 Å². The molecular weight excluding hydrogens is 259 g/mol. The average Bonchev–Trinajstić information content (AvgIpc) is 2.70. The molecule has 0 aromatic carbocycles. The maximum atomic E-state index is 12.8. The molecule has 112 valence electrons. The Morgan fingerprint density at radius 1 is 1.32 bits per heavy atom. The van der Waals surface area contributed by atoms with Crippen LogP contribution in [0.4, 0.5) is 13.2 Å². The molecule has 2 atom stereocenters. The van der Waals surface area contributed by atoms with Crippen LogP contribution in [-0.2, 0) is 4.79 Å². The van der Waals surface area contributed by atoms with Gasteiger partial charge in [0.15, 0.2) is 0 Å². The Labute approximate surface area is 111 Å². The number of carboxylic acid groups (broad SMARTS) is 1. The summed E-state index contributed by atoms with van der Waals surface area (Å²) in [7, 11) is 0. The lowest BCUT2D eigenvalue weighted by atomic mass is 9.86. The van der Waals surface area contributed by atoms with Gasteiger partial charge in [-0.3, -0.25) is 4.79 Å². The zero-order valence-corrected chi connectivity index (χ0v) is 11.6. The predicted molar refractivity (Wildman–Crippen MR) is 65.8 cm³/mol. The van der Waals surface area contributed by atoms with Crippen molar-refractivity contribution < 1.29 is 23.1 Å². The van der Waals surface area contributed by atoms with Crippen molar-refractivity contribution in [2.75, 3.05) is 19.6 Å². The zero-order chi connectivity index (χ0) is 14.8. The first-order chi connectivity index (χ1) is 8.57. The third kappa shape index (κ3) is 4.37. The summed E-state index contributed by atoms with van der Waals surface area (Å²) < 4.78 is 38.4. The van der Waals surface area contributed by atoms with E-state index in [9.17, 15) is 18.0 Å². The minimum atomic E-state index is -4.43. The lowest BCUT2D eigenvalue weighted by Crippen LogP contribution is -2.33. The second kappa shape index (κ2) is 5.69. The maximum absolute atomic E-state index is 12.8. The summed E-state index contributed by atoms with van der Waals surface area (Å²) in [4.78, 5) is 12.6. The van der Waals surface area contributed by atoms with E-state index in [-0.39, 0.29) is 18.5 Å². The molecule has 1 heterocycles. The molecule has 1 fully saturated rings. The number of alkyl halides is 3. The Kier molecular flexibility index (Phi) is 4.87. The van der Waals surface area contributed by atoms with E-state index in [1.165, 1.54) is 0 Å². The topological polar surface area (TPSA) is 40.5 Å². The van der Waals surface area contributed by atoms with Crippen molar-refractivity contribution in [3.05, 3.63) is 0 Å². The fraction of sp³-hybridized carbons (Fsp3) is 0.923. The normalized spacial score (nSPS) is 25.8. The standard InChI is InChI=1S/C13H22F3NO2/c1-4-12(2,3)5-6-17-7-9(11(18)19)10(8-17)13(14,15)16/h9-10H,4-8H2,1-3H3,(H,18,19)/t9-,10-/m1/s1. The van der Waals surface area contributed by atoms with E-state index in [1.807, 2.05) is 6.92 Å². The van der Waals surface area contributed by atoms with Crippen LogP contribution in [0.15, 0.2) is 0 Å². The van der Waals surface area contributed by atoms with Gasteiger partial charge in [-0.25, -0.2) is 0 Å². The van der Waals surface area contributed by atoms with E-state index in [0.29, 0.717) is 6.54 Å². The molecule has 0 radical (unpaired) electrons. The van der Waals surface area contributed by atoms with Crippen molar-refractivity contribution in [2.24, 2.45) is 17.3 Å². The fourth-order valence-corrected chi connectivity index (χ4v) is 2.29. The lowest BCUT2D eigenvalue weighted by Gasteiger charge is -2.26. The molecule has 6 heteroatoms. The van der Waals surface area contributed by atoms with Gasteiger partial charge in [0.25, 0.3) is 0 Å². The Morgan fingerprint density at radius 3 is 2.26 bits per heavy atom. The summed E-state index contributed by atoms with van der Waals surface area (Å²) in [6, 6.07) is 0. The number of rotatable bonds is 5. The summed E-state index contributed by atoms with van der Waals surface area (Å²) in [5.74, 6) is -4.42. The molecule has 0 amide bonds. The second-order valence-electron chi connectivity index (χ2n) is 6.12. The van der Waals surface area contributed by atoms with Crippen LogP contribution in [0.3, 0.4) is 0 Å². The monoisotopic (exact) mass is 281 g/mol. The Hall–Kier alpha value is -0.780. The smallest absolute Gasteiger partial charge is 0.393 e. The average molecular weight is 281 g/mol. The van der Waals surface area contributed by atoms with Crippen molar-refractivity contribution in [2.45, 2.75) is 39.8 Å². The van der Waals surface area contributed by atoms with Crippen molar-refractivity contribution in [3.63, 3.8) is 0 Å². The number of carboxylic acids is 1. The fourth-order valence-electron chi connectivity index (χ4n) is 2.29. The maximum Gasteiger partial charge on any atom is 0.393 e. The number of nitrogens with zero attached hydrogens (tertiary/aromatic N) is 1. The van der Waals surface area contributed by atoms with Crippen LogP contribution in [0.2, 0.25) is 0 Å². The summed E-state index contributed by atoms with van der Waals surface area (Å²) in [6.45, 7) is 6.51. The number of hydrogen-bond donors (Lipinski definition) is 1. The van der Waals surface area contributed by atoms with E-state index in [1.54, 1.807) is 4.90 Å². The molecule has 0 bridgehead atoms. The minimum absolute atomic E-state index is 0.000690. The van der Waals surface area contributed by atoms with E-state index >= 15 is 0 Å². The van der Waals surface area contributed by atoms with Crippen molar-refractivity contribution in [3.8, 4) is 0 Å². The molecule has 19 heavy (non-hydrogen) atoms. The number of aliphatic carboxylic acids is 1. The van der Waals surface area contributed by atoms with Gasteiger partial charge in [-0.15, -0.1) is 0 Å². The molecule has 0 aromatic heterocycles. The van der Waals surface area contributed by atoms with Crippen molar-refractivity contribution in [1.82, 2.24) is 4.90 Å². The molecule has 3 nitrogen and oxygen atoms in total. The van der Waals surface area contributed by atoms with Gasteiger partial charge in [-0.2, -0.15) is 13.2 Å². The predicted octanol–water partition coefficient (Wildman–Crippen LogP) is 3.01. The first kappa shape index (κ1) is 16.3. The molecule has 0 aliphatic carbocycles. The summed E-state index contributed by atoms with van der Waals surface area (Å²) in [6.07, 6.45) is -2.70. The van der Waals surface area contributed by atoms with E-state index < -0.39 is 24.0 Å². The van der Waals surface area contributed by atoms with Crippen molar-refractivity contribution in [1.29, 1.82) is 0 Å². The van der Waals surface area contributed by atoms with E-state index in [0.717, 1.165) is 12.8 Å². The van der Waals surface area contributed by atoms with Crippen LogP contribution in [-0.4, -0.2) is 41.8 Å². The molecule has 1 aliphatic rings. The highest BCUT2D eigenvalue weighted by Crippen LogP contribution is 2.38. The van der Waals surface area contributed by atoms with Gasteiger partial charge in [0.2, 0.25) is 0 Å². The third-order valence-electron chi connectivity index (χ3n) is 4.20. The SMILES string of the molecule is CCC(C)(C)CCN1C[C@@H](C(F)(F)F)[C@H](C(=O)O)C1. The Bertz CT molecular complexity index is 328. The molecule has 0 spiro atoms. The molecule has 0 saturated carbocycles. The van der Waals surface area contributed by atoms with Gasteiger partial charge < -0.3 is 10.0 Å². The van der Waals surface area contributed by atoms with Gasteiger partial charge in [0.05, 0.1) is 11.8 Å². The van der Waals surface area contributed by atoms with Crippen molar-refractivity contribution >= 4 is 5.97 Å². The molecular formula is C13H22F3NO2. The third-order valence-corrected chi connectivity index (χ3v) is 4.20. The van der Waals surface area contributed by atoms with Crippen LogP contribution in [0, 0.1) is 17.3 Å². The van der Waals surface area contributed by atoms with E-state index in [2.05, 4.69) is 13.8 Å². The first-order valence-electron chi connectivity index (χ1n) is 6.58. The molecule has 0 unspecified atom stereocenters. The zero-order valence-electron chi connectivity index (χ0n) is 11.6. The molecule has 0 aromatic rings. The molecule has 1 N–H and O–H groups in total. The van der Waals surface area contributed by atoms with Crippen LogP contribution in [0.1, 0.15) is 33.6 Å². The van der Waals surface area contributed by atoms with Crippen LogP contribution in [0.25, 0.3) is 0 Å². The molecule has 1 aliphatic heterocycles. The first-order valence-corrected chi connectivity index (χ1v) is 6.58. The number of carbonyl (C=O) groups is 1. The highest BCUT2D eigenvalue weighted by atomic mass is 19.4. The summed E-state index contributed by atoms with van der Waals surface area (Å²) >= 11 is 0. The highest BCUT2D eigenvalue weighted by molar-refractivity contribution is 5.71. The summed E-state index contributed by atoms with van der Waals surface area (Å²) in [5.41, 5.74) is 0.0784. The van der Waals surface area contributed by atoms with Crippen LogP contribution >= 0.6 is 0 Å². The number of hydrogen-bond acceptors (Lipinski definition) is 2. The summed E-state index contributed by atoms with van der Waals surface area (Å²) in [5, 5.41) is 8.91. The Balaban J connectivity index is 2.64. The quantitative estimate of drug-likeness (QED) is 0.842. The van der Waals surface area contributed by atoms with Gasteiger partial charge >= 0.3 is 12.1 Å². The second-order valence-corrected chi connectivity index (χ2v) is 6.12. The highest BCUT2D eigenvalue weighted by Gasteiger charge is 2.52. The van der Waals surface area contributed by atoms with Crippen LogP contribution < -0.4 is 0 Å². The Morgan fingerprint density at radius 2 is 1.89 bits per heavy atom. The number of likely N-dealkylation sites (tertiary alicyclic amines) is 1. The van der Waals surface area contributed by atoms with Gasteiger partial charge in [0.1, 0.15) is 0 Å². The van der Waals surface area contributed by atoms with Gasteiger partial charge in [-0.05, 0) is 18.4 Å². The number of halogens is 3. The molecule has 1 saturated heterocycles. The molecule has 1 rings (SSSR count). The van der Waals surface area contributed by atoms with Gasteiger partial charge in [0, 0.05) is 13.1 Å². The minimum Gasteiger partial charge on any atom is -0.481 e. The van der Waals surface area contributed by atoms with Gasteiger partial charge in [-0.1, -0.05) is 27.2 Å². The van der Waals surface area contributed by atoms with E-state index in [4.69, 9.17) is 5.11 Å².